The number of hydrogen-bond acceptors (Lipinski definition) is 4. The fourth-order valence-electron chi connectivity index (χ4n) is 5.37. The molecule has 0 fully saturated rings. The average molecular weight is 499 g/mol. The number of carbonyl (C=O) groups excluding carboxylic acids is 4. The van der Waals surface area contributed by atoms with Crippen LogP contribution >= 0.6 is 0 Å². The quantitative estimate of drug-likeness (QED) is 0.500. The van der Waals surface area contributed by atoms with Crippen LogP contribution in [0.3, 0.4) is 0 Å². The topological polar surface area (TPSA) is 74.8 Å². The molecule has 0 spiro atoms. The highest BCUT2D eigenvalue weighted by molar-refractivity contribution is 6.31. The van der Waals surface area contributed by atoms with Crippen molar-refractivity contribution in [3.63, 3.8) is 0 Å². The number of hydrogen-bond donors (Lipinski definition) is 0. The number of nitrogens with zero attached hydrogens (tertiary/aromatic N) is 2. The molecule has 2 aliphatic rings. The molecular formula is C31H34N2O4. The molecule has 0 unspecified atom stereocenters. The molecule has 0 saturated heterocycles. The van der Waals surface area contributed by atoms with Crippen LogP contribution in [0.25, 0.3) is 0 Å². The van der Waals surface area contributed by atoms with E-state index in [0.717, 1.165) is 33.4 Å². The lowest BCUT2D eigenvalue weighted by Crippen LogP contribution is -2.33. The fraction of sp³-hybridized carbons (Fsp3) is 0.355. The van der Waals surface area contributed by atoms with Gasteiger partial charge in [0.2, 0.25) is 0 Å². The Morgan fingerprint density at radius 3 is 1.24 bits per heavy atom. The van der Waals surface area contributed by atoms with E-state index in [1.165, 1.54) is 22.0 Å². The molecule has 6 nitrogen and oxygen atoms in total. The van der Waals surface area contributed by atoms with E-state index in [2.05, 4.69) is 38.1 Å². The molecule has 0 N–H and O–H groups in total. The lowest BCUT2D eigenvalue weighted by atomic mass is 9.75. The second-order valence-electron chi connectivity index (χ2n) is 10.5. The molecule has 2 aliphatic heterocycles. The minimum absolute atomic E-state index is 0.274. The van der Waals surface area contributed by atoms with Crippen molar-refractivity contribution in [1.29, 1.82) is 0 Å². The third-order valence-electron chi connectivity index (χ3n) is 7.61. The van der Waals surface area contributed by atoms with Crippen molar-refractivity contribution in [2.75, 3.05) is 9.80 Å². The van der Waals surface area contributed by atoms with Gasteiger partial charge in [-0.15, -0.1) is 0 Å². The van der Waals surface area contributed by atoms with Gasteiger partial charge in [-0.3, -0.25) is 19.2 Å². The van der Waals surface area contributed by atoms with E-state index < -0.39 is 5.41 Å². The van der Waals surface area contributed by atoms with Crippen LogP contribution in [-0.4, -0.2) is 23.6 Å². The molecule has 2 aromatic rings. The predicted molar refractivity (Wildman–Crippen MR) is 146 cm³/mol. The number of rotatable bonds is 6. The van der Waals surface area contributed by atoms with E-state index in [4.69, 9.17) is 0 Å². The van der Waals surface area contributed by atoms with Crippen molar-refractivity contribution in [2.45, 2.75) is 73.6 Å². The number of benzene rings is 2. The van der Waals surface area contributed by atoms with E-state index in [0.29, 0.717) is 35.4 Å². The highest BCUT2D eigenvalue weighted by Crippen LogP contribution is 2.41. The first-order chi connectivity index (χ1) is 17.3. The Morgan fingerprint density at radius 1 is 0.622 bits per heavy atom. The molecule has 0 saturated carbocycles. The van der Waals surface area contributed by atoms with E-state index in [1.807, 2.05) is 27.7 Å². The Hall–Kier alpha value is -3.80. The highest BCUT2D eigenvalue weighted by Gasteiger charge is 2.35. The zero-order valence-electron chi connectivity index (χ0n) is 22.9. The first kappa shape index (κ1) is 26.3. The monoisotopic (exact) mass is 498 g/mol. The van der Waals surface area contributed by atoms with Crippen LogP contribution in [0.5, 0.6) is 0 Å². The predicted octanol–water partition coefficient (Wildman–Crippen LogP) is 5.39. The lowest BCUT2D eigenvalue weighted by Gasteiger charge is -2.31. The molecule has 2 heterocycles. The molecule has 0 aromatic heterocycles. The zero-order valence-corrected chi connectivity index (χ0v) is 22.9. The molecule has 37 heavy (non-hydrogen) atoms. The van der Waals surface area contributed by atoms with Gasteiger partial charge in [-0.05, 0) is 73.9 Å². The number of amides is 4. The molecule has 2 aromatic carbocycles. The summed E-state index contributed by atoms with van der Waals surface area (Å²) in [7, 11) is 0. The van der Waals surface area contributed by atoms with Crippen molar-refractivity contribution < 1.29 is 19.2 Å². The van der Waals surface area contributed by atoms with Crippen LogP contribution in [0.1, 0.15) is 74.9 Å². The zero-order chi connectivity index (χ0) is 27.4. The summed E-state index contributed by atoms with van der Waals surface area (Å²) in [6, 6.07) is 8.29. The molecule has 4 rings (SSSR count). The van der Waals surface area contributed by atoms with Gasteiger partial charge in [0, 0.05) is 28.7 Å². The Balaban J connectivity index is 1.81. The molecular weight excluding hydrogens is 464 g/mol. The number of imide groups is 2. The Morgan fingerprint density at radius 2 is 0.973 bits per heavy atom. The Bertz CT molecular complexity index is 1330. The number of anilines is 2. The van der Waals surface area contributed by atoms with E-state index in [1.54, 1.807) is 13.8 Å². The summed E-state index contributed by atoms with van der Waals surface area (Å²) in [5.41, 5.74) is 7.54. The molecule has 0 bridgehead atoms. The van der Waals surface area contributed by atoms with Gasteiger partial charge in [0.15, 0.2) is 0 Å². The molecule has 4 amide bonds. The Labute approximate surface area is 218 Å². The van der Waals surface area contributed by atoms with Gasteiger partial charge < -0.3 is 0 Å². The van der Waals surface area contributed by atoms with Gasteiger partial charge in [-0.2, -0.15) is 0 Å². The largest absolute Gasteiger partial charge is 0.269 e. The normalized spacial score (nSPS) is 16.2. The minimum Gasteiger partial charge on any atom is -0.269 e. The van der Waals surface area contributed by atoms with Crippen molar-refractivity contribution in [2.24, 2.45) is 0 Å². The molecule has 6 heteroatoms. The van der Waals surface area contributed by atoms with Gasteiger partial charge >= 0.3 is 0 Å². The van der Waals surface area contributed by atoms with E-state index in [-0.39, 0.29) is 23.6 Å². The van der Waals surface area contributed by atoms with Crippen molar-refractivity contribution in [1.82, 2.24) is 0 Å². The molecule has 192 valence electrons. The third-order valence-corrected chi connectivity index (χ3v) is 7.61. The van der Waals surface area contributed by atoms with Crippen LogP contribution in [0.15, 0.2) is 47.6 Å². The van der Waals surface area contributed by atoms with Crippen molar-refractivity contribution >= 4 is 35.0 Å². The van der Waals surface area contributed by atoms with Gasteiger partial charge in [0.05, 0.1) is 11.4 Å². The fourth-order valence-corrected chi connectivity index (χ4v) is 5.37. The summed E-state index contributed by atoms with van der Waals surface area (Å²) >= 11 is 0. The average Bonchev–Trinajstić information content (AvgIpc) is 3.24. The number of aryl methyl sites for hydroxylation is 4. The van der Waals surface area contributed by atoms with Gasteiger partial charge in [-0.1, -0.05) is 52.0 Å². The summed E-state index contributed by atoms with van der Waals surface area (Å²) in [6.45, 7) is 15.5. The van der Waals surface area contributed by atoms with Gasteiger partial charge in [0.25, 0.3) is 23.6 Å². The van der Waals surface area contributed by atoms with Gasteiger partial charge in [0.1, 0.15) is 0 Å². The highest BCUT2D eigenvalue weighted by atomic mass is 16.2. The van der Waals surface area contributed by atoms with Crippen LogP contribution in [0, 0.1) is 13.8 Å². The lowest BCUT2D eigenvalue weighted by molar-refractivity contribution is -0.121. The van der Waals surface area contributed by atoms with E-state index in [9.17, 15) is 19.2 Å². The maximum Gasteiger partial charge on any atom is 0.261 e. The molecule has 0 radical (unpaired) electrons. The summed E-state index contributed by atoms with van der Waals surface area (Å²) in [6.07, 6.45) is 4.12. The maximum absolute atomic E-state index is 12.7. The second-order valence-corrected chi connectivity index (χ2v) is 10.5. The van der Waals surface area contributed by atoms with Crippen LogP contribution < -0.4 is 9.80 Å². The third kappa shape index (κ3) is 4.14. The minimum atomic E-state index is -0.416. The SMILES string of the molecule is CCc1cc(C(C)(C)c2cc(C)c(N3C(=O)C=C(C)C3=O)c(CC)c2)cc(C)c1N1C(=O)C=C(C)C1=O. The summed E-state index contributed by atoms with van der Waals surface area (Å²) in [5, 5.41) is 0. The van der Waals surface area contributed by atoms with Crippen molar-refractivity contribution in [3.8, 4) is 0 Å². The second kappa shape index (κ2) is 9.25. The first-order valence-corrected chi connectivity index (χ1v) is 12.7. The summed E-state index contributed by atoms with van der Waals surface area (Å²) in [5.74, 6) is -1.16. The van der Waals surface area contributed by atoms with Crippen LogP contribution in [-0.2, 0) is 37.4 Å². The summed E-state index contributed by atoms with van der Waals surface area (Å²) < 4.78 is 0. The van der Waals surface area contributed by atoms with Gasteiger partial charge in [-0.25, -0.2) is 9.80 Å². The van der Waals surface area contributed by atoms with Crippen LogP contribution in [0.4, 0.5) is 11.4 Å². The number of carbonyl (C=O) groups is 4. The van der Waals surface area contributed by atoms with Crippen molar-refractivity contribution in [3.05, 3.63) is 80.9 Å². The molecule has 0 atom stereocenters. The van der Waals surface area contributed by atoms with E-state index >= 15 is 0 Å². The smallest absolute Gasteiger partial charge is 0.261 e. The van der Waals surface area contributed by atoms with Crippen LogP contribution in [0.2, 0.25) is 0 Å². The first-order valence-electron chi connectivity index (χ1n) is 12.7. The maximum atomic E-state index is 12.7. The standard InChI is InChI=1S/C31H34N2O4/c1-9-21-15-23(11-17(3)27(21)32-25(34)13-19(5)29(32)36)31(7,8)24-12-18(4)28(22(10-2)16-24)33-26(35)14-20(6)30(33)37/h11-16H,9-10H2,1-8H3. The Kier molecular flexibility index (Phi) is 6.57. The summed E-state index contributed by atoms with van der Waals surface area (Å²) in [4.78, 5) is 53.3. The molecule has 0 aliphatic carbocycles.